The second-order valence-electron chi connectivity index (χ2n) is 4.14. The van der Waals surface area contributed by atoms with E-state index in [0.29, 0.717) is 17.0 Å². The minimum absolute atomic E-state index is 0.306. The monoisotopic (exact) mass is 232 g/mol. The zero-order valence-corrected chi connectivity index (χ0v) is 10.2. The van der Waals surface area contributed by atoms with E-state index in [2.05, 4.69) is 11.2 Å². The van der Waals surface area contributed by atoms with Crippen LogP contribution in [0.25, 0.3) is 0 Å². The third-order valence-electron chi connectivity index (χ3n) is 2.32. The number of nitrogens with one attached hydrogen (secondary N) is 1. The summed E-state index contributed by atoms with van der Waals surface area (Å²) in [6, 6.07) is 5.02. The van der Waals surface area contributed by atoms with Crippen molar-refractivity contribution in [3.63, 3.8) is 0 Å². The van der Waals surface area contributed by atoms with Crippen molar-refractivity contribution >= 4 is 11.6 Å². The molecule has 4 heteroatoms. The molecule has 0 spiro atoms. The number of nitrogens with two attached hydrogens (primary N) is 1. The number of anilines is 1. The number of benzene rings is 1. The van der Waals surface area contributed by atoms with Gasteiger partial charge in [0.25, 0.3) is 5.91 Å². The van der Waals surface area contributed by atoms with Crippen molar-refractivity contribution in [1.29, 1.82) is 0 Å². The van der Waals surface area contributed by atoms with Gasteiger partial charge >= 0.3 is 0 Å². The first-order chi connectivity index (χ1) is 7.91. The van der Waals surface area contributed by atoms with Crippen LogP contribution >= 0.6 is 0 Å². The molecule has 4 nitrogen and oxygen atoms in total. The minimum atomic E-state index is -0.716. The molecule has 0 aliphatic heterocycles. The Bertz CT molecular complexity index is 473. The third kappa shape index (κ3) is 2.91. The molecule has 0 fully saturated rings. The Hall–Kier alpha value is -2.15. The lowest BCUT2D eigenvalue weighted by atomic mass is 10.1. The van der Waals surface area contributed by atoms with Gasteiger partial charge in [0.05, 0.1) is 23.9 Å². The number of carbonyl (C=O) groups is 1. The molecule has 17 heavy (non-hydrogen) atoms. The fourth-order valence-electron chi connectivity index (χ4n) is 1.31. The Kier molecular flexibility index (Phi) is 3.64. The number of ether oxygens (including phenoxy) is 1. The van der Waals surface area contributed by atoms with E-state index < -0.39 is 5.54 Å². The van der Waals surface area contributed by atoms with E-state index in [0.717, 1.165) is 0 Å². The molecule has 0 heterocycles. The first-order valence-corrected chi connectivity index (χ1v) is 5.14. The SMILES string of the molecule is C#CC(C)(C)NC(=O)c1cccc(OC)c1N. The first-order valence-electron chi connectivity index (χ1n) is 5.14. The summed E-state index contributed by atoms with van der Waals surface area (Å²) >= 11 is 0. The Morgan fingerprint density at radius 3 is 2.71 bits per heavy atom. The van der Waals surface area contributed by atoms with Gasteiger partial charge in [0, 0.05) is 0 Å². The molecule has 0 bridgehead atoms. The maximum absolute atomic E-state index is 12.0. The van der Waals surface area contributed by atoms with Gasteiger partial charge in [0.15, 0.2) is 0 Å². The number of rotatable bonds is 3. The van der Waals surface area contributed by atoms with Crippen molar-refractivity contribution in [2.45, 2.75) is 19.4 Å². The highest BCUT2D eigenvalue weighted by Crippen LogP contribution is 2.24. The number of methoxy groups -OCH3 is 1. The second kappa shape index (κ2) is 4.79. The maximum Gasteiger partial charge on any atom is 0.254 e. The molecule has 1 rings (SSSR count). The largest absolute Gasteiger partial charge is 0.495 e. The molecule has 90 valence electrons. The number of hydrogen-bond acceptors (Lipinski definition) is 3. The number of amides is 1. The smallest absolute Gasteiger partial charge is 0.254 e. The zero-order valence-electron chi connectivity index (χ0n) is 10.2. The summed E-state index contributed by atoms with van der Waals surface area (Å²) in [5.74, 6) is 2.64. The number of terminal acetylenes is 1. The Morgan fingerprint density at radius 2 is 2.18 bits per heavy atom. The summed E-state index contributed by atoms with van der Waals surface area (Å²) < 4.78 is 5.05. The van der Waals surface area contributed by atoms with E-state index in [4.69, 9.17) is 16.9 Å². The molecule has 0 aliphatic rings. The fraction of sp³-hybridized carbons (Fsp3) is 0.308. The van der Waals surface area contributed by atoms with Crippen LogP contribution in [0.5, 0.6) is 5.75 Å². The quantitative estimate of drug-likeness (QED) is 0.612. The maximum atomic E-state index is 12.0. The molecule has 1 amide bonds. The van der Waals surface area contributed by atoms with E-state index in [1.165, 1.54) is 7.11 Å². The van der Waals surface area contributed by atoms with Crippen LogP contribution in [-0.2, 0) is 0 Å². The number of para-hydroxylation sites is 1. The highest BCUT2D eigenvalue weighted by molar-refractivity contribution is 6.00. The average Bonchev–Trinajstić information content (AvgIpc) is 2.28. The van der Waals surface area contributed by atoms with E-state index in [-0.39, 0.29) is 5.91 Å². The molecule has 0 saturated heterocycles. The van der Waals surface area contributed by atoms with Crippen molar-refractivity contribution in [3.05, 3.63) is 23.8 Å². The molecule has 0 unspecified atom stereocenters. The van der Waals surface area contributed by atoms with Gasteiger partial charge < -0.3 is 15.8 Å². The van der Waals surface area contributed by atoms with Gasteiger partial charge in [-0.3, -0.25) is 4.79 Å². The van der Waals surface area contributed by atoms with Crippen LogP contribution in [0.15, 0.2) is 18.2 Å². The molecule has 3 N–H and O–H groups in total. The van der Waals surface area contributed by atoms with Crippen molar-refractivity contribution in [1.82, 2.24) is 5.32 Å². The normalized spacial score (nSPS) is 10.5. The first kappa shape index (κ1) is 12.9. The molecular weight excluding hydrogens is 216 g/mol. The second-order valence-corrected chi connectivity index (χ2v) is 4.14. The van der Waals surface area contributed by atoms with E-state index in [9.17, 15) is 4.79 Å². The minimum Gasteiger partial charge on any atom is -0.495 e. The predicted molar refractivity (Wildman–Crippen MR) is 67.8 cm³/mol. The summed E-state index contributed by atoms with van der Waals surface area (Å²) in [6.07, 6.45) is 5.31. The number of carbonyl (C=O) groups excluding carboxylic acids is 1. The zero-order chi connectivity index (χ0) is 13.1. The molecule has 0 radical (unpaired) electrons. The van der Waals surface area contributed by atoms with Crippen LogP contribution < -0.4 is 15.8 Å². The van der Waals surface area contributed by atoms with Crippen LogP contribution in [0.3, 0.4) is 0 Å². The van der Waals surface area contributed by atoms with Crippen LogP contribution in [0.2, 0.25) is 0 Å². The molecule has 1 aromatic carbocycles. The molecule has 0 atom stereocenters. The standard InChI is InChI=1S/C13H16N2O2/c1-5-13(2,3)15-12(16)9-7-6-8-10(17-4)11(9)14/h1,6-8H,14H2,2-4H3,(H,15,16). The Morgan fingerprint density at radius 1 is 1.53 bits per heavy atom. The summed E-state index contributed by atoms with van der Waals surface area (Å²) in [5.41, 5.74) is 5.76. The topological polar surface area (TPSA) is 64.3 Å². The molecule has 0 aliphatic carbocycles. The molecular formula is C13H16N2O2. The van der Waals surface area contributed by atoms with Gasteiger partial charge in [-0.1, -0.05) is 12.0 Å². The van der Waals surface area contributed by atoms with Crippen molar-refractivity contribution < 1.29 is 9.53 Å². The van der Waals surface area contributed by atoms with Crippen LogP contribution in [0.1, 0.15) is 24.2 Å². The summed E-state index contributed by atoms with van der Waals surface area (Å²) in [6.45, 7) is 3.47. The lowest BCUT2D eigenvalue weighted by molar-refractivity contribution is 0.0930. The average molecular weight is 232 g/mol. The Balaban J connectivity index is 3.03. The highest BCUT2D eigenvalue weighted by atomic mass is 16.5. The third-order valence-corrected chi connectivity index (χ3v) is 2.32. The van der Waals surface area contributed by atoms with Gasteiger partial charge in [-0.15, -0.1) is 6.42 Å². The number of hydrogen-bond donors (Lipinski definition) is 2. The predicted octanol–water partition coefficient (Wildman–Crippen LogP) is 1.42. The Labute approximate surface area is 101 Å². The van der Waals surface area contributed by atoms with Gasteiger partial charge in [0.2, 0.25) is 0 Å². The van der Waals surface area contributed by atoms with Crippen molar-refractivity contribution in [2.75, 3.05) is 12.8 Å². The van der Waals surface area contributed by atoms with Crippen LogP contribution in [-0.4, -0.2) is 18.6 Å². The molecule has 0 saturated carbocycles. The lowest BCUT2D eigenvalue weighted by Crippen LogP contribution is -2.42. The summed E-state index contributed by atoms with van der Waals surface area (Å²) in [7, 11) is 1.50. The van der Waals surface area contributed by atoms with E-state index in [1.807, 2.05) is 0 Å². The van der Waals surface area contributed by atoms with E-state index in [1.54, 1.807) is 32.0 Å². The van der Waals surface area contributed by atoms with Gasteiger partial charge in [0.1, 0.15) is 5.75 Å². The number of nitrogen functional groups attached to an aromatic ring is 1. The molecule has 1 aromatic rings. The van der Waals surface area contributed by atoms with Crippen molar-refractivity contribution in [2.24, 2.45) is 0 Å². The van der Waals surface area contributed by atoms with Gasteiger partial charge in [-0.05, 0) is 26.0 Å². The van der Waals surface area contributed by atoms with Crippen LogP contribution in [0, 0.1) is 12.3 Å². The van der Waals surface area contributed by atoms with E-state index >= 15 is 0 Å². The van der Waals surface area contributed by atoms with Crippen LogP contribution in [0.4, 0.5) is 5.69 Å². The summed E-state index contributed by atoms with van der Waals surface area (Å²) in [5, 5.41) is 2.70. The van der Waals surface area contributed by atoms with Crippen molar-refractivity contribution in [3.8, 4) is 18.1 Å². The summed E-state index contributed by atoms with van der Waals surface area (Å²) in [4.78, 5) is 12.0. The molecule has 0 aromatic heterocycles. The van der Waals surface area contributed by atoms with Gasteiger partial charge in [-0.25, -0.2) is 0 Å². The van der Waals surface area contributed by atoms with Gasteiger partial charge in [-0.2, -0.15) is 0 Å². The lowest BCUT2D eigenvalue weighted by Gasteiger charge is -2.20. The fourth-order valence-corrected chi connectivity index (χ4v) is 1.31. The highest BCUT2D eigenvalue weighted by Gasteiger charge is 2.20.